The Hall–Kier alpha value is -1.55. The number of hydrogen-bond donors (Lipinski definition) is 2. The number of amides is 1. The zero-order valence-corrected chi connectivity index (χ0v) is 8.44. The molecule has 0 saturated heterocycles. The second-order valence-corrected chi connectivity index (χ2v) is 3.69. The van der Waals surface area contributed by atoms with Crippen LogP contribution in [-0.2, 0) is 12.8 Å². The first kappa shape index (κ1) is 9.98. The molecule has 3 N–H and O–H groups in total. The van der Waals surface area contributed by atoms with Gasteiger partial charge in [-0.1, -0.05) is 12.1 Å². The summed E-state index contributed by atoms with van der Waals surface area (Å²) in [5, 5.41) is 8.94. The zero-order chi connectivity index (χ0) is 10.8. The zero-order valence-electron chi connectivity index (χ0n) is 8.44. The highest BCUT2D eigenvalue weighted by Crippen LogP contribution is 2.28. The largest absolute Gasteiger partial charge is 0.465 e. The van der Waals surface area contributed by atoms with Crippen LogP contribution in [0.5, 0.6) is 0 Å². The molecule has 4 nitrogen and oxygen atoms in total. The fourth-order valence-corrected chi connectivity index (χ4v) is 1.98. The fourth-order valence-electron chi connectivity index (χ4n) is 1.98. The second-order valence-electron chi connectivity index (χ2n) is 3.69. The average molecular weight is 206 g/mol. The summed E-state index contributed by atoms with van der Waals surface area (Å²) in [6, 6.07) is 5.89. The Labute approximate surface area is 88.3 Å². The maximum atomic E-state index is 10.9. The molecule has 0 radical (unpaired) electrons. The van der Waals surface area contributed by atoms with Gasteiger partial charge in [-0.3, -0.25) is 4.90 Å². The Bertz CT molecular complexity index is 390. The molecule has 2 rings (SSSR count). The van der Waals surface area contributed by atoms with Gasteiger partial charge in [0.1, 0.15) is 0 Å². The first-order valence-electron chi connectivity index (χ1n) is 5.04. The highest BCUT2D eigenvalue weighted by molar-refractivity contribution is 5.88. The summed E-state index contributed by atoms with van der Waals surface area (Å²) >= 11 is 0. The van der Waals surface area contributed by atoms with E-state index in [1.807, 2.05) is 12.1 Å². The van der Waals surface area contributed by atoms with Crippen molar-refractivity contribution in [1.29, 1.82) is 0 Å². The summed E-state index contributed by atoms with van der Waals surface area (Å²) in [5.74, 6) is 0. The van der Waals surface area contributed by atoms with E-state index in [2.05, 4.69) is 6.07 Å². The second kappa shape index (κ2) is 3.90. The van der Waals surface area contributed by atoms with E-state index in [0.717, 1.165) is 24.1 Å². The molecule has 1 aliphatic heterocycles. The van der Waals surface area contributed by atoms with Gasteiger partial charge in [0.05, 0.1) is 5.69 Å². The van der Waals surface area contributed by atoms with E-state index in [1.165, 1.54) is 10.5 Å². The van der Waals surface area contributed by atoms with E-state index in [-0.39, 0.29) is 0 Å². The van der Waals surface area contributed by atoms with Crippen LogP contribution in [-0.4, -0.2) is 24.3 Å². The number of rotatable bonds is 2. The van der Waals surface area contributed by atoms with Gasteiger partial charge in [-0.25, -0.2) is 4.79 Å². The van der Waals surface area contributed by atoms with E-state index in [0.29, 0.717) is 13.1 Å². The molecule has 80 valence electrons. The van der Waals surface area contributed by atoms with Crippen LogP contribution in [0.4, 0.5) is 10.5 Å². The Balaban J connectivity index is 2.29. The summed E-state index contributed by atoms with van der Waals surface area (Å²) in [6.07, 6.45) is 0.778. The number of carbonyl (C=O) groups is 1. The SMILES string of the molecule is NCCc1ccc2c(c1)CCN2C(=O)O. The minimum atomic E-state index is -0.875. The number of nitrogens with zero attached hydrogens (tertiary/aromatic N) is 1. The number of nitrogens with two attached hydrogens (primary N) is 1. The standard InChI is InChI=1S/C11H14N2O2/c12-5-3-8-1-2-10-9(7-8)4-6-13(10)11(14)15/h1-2,7H,3-6,12H2,(H,14,15). The molecule has 0 fully saturated rings. The Kier molecular flexibility index (Phi) is 2.60. The molecule has 0 spiro atoms. The predicted molar refractivity (Wildman–Crippen MR) is 58.3 cm³/mol. The smallest absolute Gasteiger partial charge is 0.411 e. The van der Waals surface area contributed by atoms with Crippen molar-refractivity contribution < 1.29 is 9.90 Å². The molecule has 1 aromatic rings. The van der Waals surface area contributed by atoms with Crippen LogP contribution in [0.2, 0.25) is 0 Å². The molecule has 4 heteroatoms. The monoisotopic (exact) mass is 206 g/mol. The minimum absolute atomic E-state index is 0.566. The van der Waals surface area contributed by atoms with Crippen molar-refractivity contribution in [1.82, 2.24) is 0 Å². The van der Waals surface area contributed by atoms with Gasteiger partial charge < -0.3 is 10.8 Å². The van der Waals surface area contributed by atoms with Gasteiger partial charge in [-0.2, -0.15) is 0 Å². The quantitative estimate of drug-likeness (QED) is 0.764. The maximum absolute atomic E-state index is 10.9. The van der Waals surface area contributed by atoms with Crippen LogP contribution in [0.3, 0.4) is 0 Å². The van der Waals surface area contributed by atoms with Crippen LogP contribution < -0.4 is 10.6 Å². The Morgan fingerprint density at radius 1 is 1.53 bits per heavy atom. The highest BCUT2D eigenvalue weighted by Gasteiger charge is 2.23. The molecule has 0 saturated carbocycles. The Morgan fingerprint density at radius 3 is 3.00 bits per heavy atom. The van der Waals surface area contributed by atoms with Gasteiger partial charge >= 0.3 is 6.09 Å². The molecular weight excluding hydrogens is 192 g/mol. The van der Waals surface area contributed by atoms with E-state index in [4.69, 9.17) is 10.8 Å². The number of benzene rings is 1. The van der Waals surface area contributed by atoms with Crippen molar-refractivity contribution in [3.8, 4) is 0 Å². The molecule has 1 aliphatic rings. The van der Waals surface area contributed by atoms with Gasteiger partial charge in [0, 0.05) is 6.54 Å². The van der Waals surface area contributed by atoms with Crippen molar-refractivity contribution in [2.24, 2.45) is 5.73 Å². The molecule has 0 atom stereocenters. The van der Waals surface area contributed by atoms with Crippen molar-refractivity contribution in [3.05, 3.63) is 29.3 Å². The minimum Gasteiger partial charge on any atom is -0.465 e. The first-order chi connectivity index (χ1) is 7.22. The number of fused-ring (bicyclic) bond motifs is 1. The predicted octanol–water partition coefficient (Wildman–Crippen LogP) is 1.23. The van der Waals surface area contributed by atoms with E-state index in [1.54, 1.807) is 0 Å². The lowest BCUT2D eigenvalue weighted by Gasteiger charge is -2.12. The lowest BCUT2D eigenvalue weighted by molar-refractivity contribution is 0.202. The third kappa shape index (κ3) is 1.80. The van der Waals surface area contributed by atoms with E-state index < -0.39 is 6.09 Å². The lowest BCUT2D eigenvalue weighted by Crippen LogP contribution is -2.26. The molecule has 1 aromatic carbocycles. The summed E-state index contributed by atoms with van der Waals surface area (Å²) in [7, 11) is 0. The van der Waals surface area contributed by atoms with Gasteiger partial charge in [0.2, 0.25) is 0 Å². The van der Waals surface area contributed by atoms with Gasteiger partial charge in [0.15, 0.2) is 0 Å². The Morgan fingerprint density at radius 2 is 2.33 bits per heavy atom. The topological polar surface area (TPSA) is 66.6 Å². The average Bonchev–Trinajstić information content (AvgIpc) is 2.61. The number of anilines is 1. The third-order valence-corrected chi connectivity index (χ3v) is 2.70. The molecule has 0 aliphatic carbocycles. The van der Waals surface area contributed by atoms with Crippen LogP contribution in [0.15, 0.2) is 18.2 Å². The molecule has 0 aromatic heterocycles. The van der Waals surface area contributed by atoms with Crippen LogP contribution in [0, 0.1) is 0 Å². The van der Waals surface area contributed by atoms with Gasteiger partial charge in [-0.15, -0.1) is 0 Å². The van der Waals surface area contributed by atoms with Crippen molar-refractivity contribution in [3.63, 3.8) is 0 Å². The third-order valence-electron chi connectivity index (χ3n) is 2.70. The maximum Gasteiger partial charge on any atom is 0.411 e. The fraction of sp³-hybridized carbons (Fsp3) is 0.364. The van der Waals surface area contributed by atoms with Gasteiger partial charge in [0.25, 0.3) is 0 Å². The van der Waals surface area contributed by atoms with Crippen molar-refractivity contribution in [2.45, 2.75) is 12.8 Å². The summed E-state index contributed by atoms with van der Waals surface area (Å²) in [6.45, 7) is 1.19. The molecule has 15 heavy (non-hydrogen) atoms. The summed E-state index contributed by atoms with van der Waals surface area (Å²) < 4.78 is 0. The number of hydrogen-bond acceptors (Lipinski definition) is 2. The lowest BCUT2D eigenvalue weighted by atomic mass is 10.1. The molecule has 0 bridgehead atoms. The highest BCUT2D eigenvalue weighted by atomic mass is 16.4. The van der Waals surface area contributed by atoms with Crippen LogP contribution >= 0.6 is 0 Å². The van der Waals surface area contributed by atoms with Crippen molar-refractivity contribution in [2.75, 3.05) is 18.0 Å². The van der Waals surface area contributed by atoms with E-state index >= 15 is 0 Å². The van der Waals surface area contributed by atoms with Crippen molar-refractivity contribution >= 4 is 11.8 Å². The molecule has 1 heterocycles. The summed E-state index contributed by atoms with van der Waals surface area (Å²) in [4.78, 5) is 12.3. The normalized spacial score (nSPS) is 14.1. The van der Waals surface area contributed by atoms with Crippen LogP contribution in [0.1, 0.15) is 11.1 Å². The molecule has 1 amide bonds. The molecular formula is C11H14N2O2. The summed E-state index contributed by atoms with van der Waals surface area (Å²) in [5.41, 5.74) is 8.60. The van der Waals surface area contributed by atoms with Gasteiger partial charge in [-0.05, 0) is 36.6 Å². The molecule has 0 unspecified atom stereocenters. The van der Waals surface area contributed by atoms with E-state index in [9.17, 15) is 4.79 Å². The number of carboxylic acid groups (broad SMARTS) is 1. The van der Waals surface area contributed by atoms with Crippen LogP contribution in [0.25, 0.3) is 0 Å². The first-order valence-corrected chi connectivity index (χ1v) is 5.04.